The molecule has 28 heavy (non-hydrogen) atoms. The van der Waals surface area contributed by atoms with Crippen molar-refractivity contribution in [2.45, 2.75) is 19.3 Å². The van der Waals surface area contributed by atoms with E-state index in [1.54, 1.807) is 18.2 Å². The number of Topliss-reactive ketones (excluding diaryl/α,β-unsaturated/α-hetero) is 1. The first-order valence-electron chi connectivity index (χ1n) is 8.87. The summed E-state index contributed by atoms with van der Waals surface area (Å²) in [6, 6.07) is 13.3. The first-order chi connectivity index (χ1) is 13.0. The van der Waals surface area contributed by atoms with Crippen molar-refractivity contribution in [3.63, 3.8) is 0 Å². The number of benzene rings is 2. The van der Waals surface area contributed by atoms with Crippen LogP contribution in [0.5, 0.6) is 0 Å². The van der Waals surface area contributed by atoms with Crippen molar-refractivity contribution >= 4 is 45.9 Å². The number of carbonyl (C=O) groups excluding carboxylic acids is 1. The van der Waals surface area contributed by atoms with E-state index in [4.69, 9.17) is 16.6 Å². The first-order valence-corrected chi connectivity index (χ1v) is 9.25. The van der Waals surface area contributed by atoms with Crippen LogP contribution < -0.4 is 0 Å². The number of carbonyl (C=O) groups is 1. The Morgan fingerprint density at radius 1 is 1.14 bits per heavy atom. The minimum Gasteiger partial charge on any atom is -0.349 e. The second-order valence-electron chi connectivity index (χ2n) is 6.43. The molecule has 3 rings (SSSR count). The van der Waals surface area contributed by atoms with Gasteiger partial charge in [-0.3, -0.25) is 19.9 Å². The number of amidine groups is 1. The van der Waals surface area contributed by atoms with Gasteiger partial charge < -0.3 is 4.90 Å². The van der Waals surface area contributed by atoms with Gasteiger partial charge in [-0.15, -0.1) is 17.0 Å². The van der Waals surface area contributed by atoms with Gasteiger partial charge in [0.25, 0.3) is 5.69 Å². The lowest BCUT2D eigenvalue weighted by Crippen LogP contribution is -2.38. The van der Waals surface area contributed by atoms with E-state index in [9.17, 15) is 14.9 Å². The Balaban J connectivity index is 0.00000280. The second kappa shape index (κ2) is 10.3. The molecule has 1 aliphatic rings. The molecule has 1 heterocycles. The quantitative estimate of drug-likeness (QED) is 0.355. The predicted octanol–water partition coefficient (Wildman–Crippen LogP) is 4.94. The zero-order valence-corrected chi connectivity index (χ0v) is 17.7. The number of non-ortho nitro benzene ring substituents is 1. The van der Waals surface area contributed by atoms with Gasteiger partial charge >= 0.3 is 0 Å². The number of ketones is 1. The van der Waals surface area contributed by atoms with Gasteiger partial charge in [0.1, 0.15) is 5.84 Å². The van der Waals surface area contributed by atoms with Crippen LogP contribution in [0.4, 0.5) is 5.69 Å². The number of hydrogen-bond acceptors (Lipinski definition) is 5. The molecule has 0 fully saturated rings. The van der Waals surface area contributed by atoms with Gasteiger partial charge in [-0.1, -0.05) is 23.7 Å². The zero-order valence-electron chi connectivity index (χ0n) is 15.2. The Morgan fingerprint density at radius 3 is 2.61 bits per heavy atom. The van der Waals surface area contributed by atoms with Gasteiger partial charge in [0.15, 0.2) is 5.78 Å². The van der Waals surface area contributed by atoms with E-state index >= 15 is 0 Å². The maximum absolute atomic E-state index is 12.8. The second-order valence-corrected chi connectivity index (χ2v) is 6.86. The summed E-state index contributed by atoms with van der Waals surface area (Å²) in [7, 11) is 0. The maximum atomic E-state index is 12.8. The van der Waals surface area contributed by atoms with Crippen LogP contribution in [0.3, 0.4) is 0 Å². The first kappa shape index (κ1) is 22.0. The number of nitro benzene ring substituents is 1. The summed E-state index contributed by atoms with van der Waals surface area (Å²) in [6.45, 7) is 1.55. The zero-order chi connectivity index (χ0) is 19.2. The number of hydrogen-bond donors (Lipinski definition) is 0. The molecule has 0 amide bonds. The lowest BCUT2D eigenvalue weighted by Gasteiger charge is -2.27. The highest BCUT2D eigenvalue weighted by atomic mass is 79.9. The number of aliphatic imine (C=N–C) groups is 1. The normalized spacial score (nSPS) is 14.3. The summed E-state index contributed by atoms with van der Waals surface area (Å²) >= 11 is 5.99. The number of nitrogens with zero attached hydrogens (tertiary/aromatic N) is 3. The predicted molar refractivity (Wildman–Crippen MR) is 116 cm³/mol. The van der Waals surface area contributed by atoms with Crippen LogP contribution in [-0.4, -0.2) is 41.1 Å². The van der Waals surface area contributed by atoms with Gasteiger partial charge in [-0.05, 0) is 43.5 Å². The van der Waals surface area contributed by atoms with Crippen molar-refractivity contribution in [3.8, 4) is 0 Å². The van der Waals surface area contributed by atoms with Crippen LogP contribution in [0.15, 0.2) is 53.5 Å². The fraction of sp³-hybridized carbons (Fsp3) is 0.300. The van der Waals surface area contributed by atoms with Gasteiger partial charge in [-0.25, -0.2) is 0 Å². The molecule has 0 bridgehead atoms. The van der Waals surface area contributed by atoms with E-state index in [1.807, 2.05) is 17.0 Å². The molecular formula is C20H21BrClN3O3. The lowest BCUT2D eigenvalue weighted by atomic mass is 10.1. The van der Waals surface area contributed by atoms with E-state index < -0.39 is 4.92 Å². The summed E-state index contributed by atoms with van der Waals surface area (Å²) < 4.78 is 0. The van der Waals surface area contributed by atoms with Gasteiger partial charge in [0.05, 0.1) is 11.5 Å². The SMILES string of the molecule is Br.O=C(CN1CCCCCN=C1c1ccc(Cl)cc1)c1cccc([N+](=O)[O-])c1. The van der Waals surface area contributed by atoms with Gasteiger partial charge in [0, 0.05) is 41.4 Å². The molecule has 0 atom stereocenters. The van der Waals surface area contributed by atoms with Crippen molar-refractivity contribution in [2.24, 2.45) is 4.99 Å². The molecule has 1 aliphatic heterocycles. The van der Waals surface area contributed by atoms with Crippen molar-refractivity contribution in [3.05, 3.63) is 74.8 Å². The van der Waals surface area contributed by atoms with Crippen LogP contribution in [0.1, 0.15) is 35.2 Å². The Morgan fingerprint density at radius 2 is 1.89 bits per heavy atom. The van der Waals surface area contributed by atoms with Crippen LogP contribution in [0, 0.1) is 10.1 Å². The summed E-state index contributed by atoms with van der Waals surface area (Å²) in [6.07, 6.45) is 3.04. The molecule has 2 aromatic carbocycles. The van der Waals surface area contributed by atoms with E-state index in [0.29, 0.717) is 23.7 Å². The Bertz CT molecular complexity index is 871. The summed E-state index contributed by atoms with van der Waals surface area (Å²) in [5, 5.41) is 11.6. The van der Waals surface area contributed by atoms with Gasteiger partial charge in [0.2, 0.25) is 0 Å². The molecule has 0 saturated heterocycles. The van der Waals surface area contributed by atoms with Crippen LogP contribution >= 0.6 is 28.6 Å². The molecule has 148 valence electrons. The monoisotopic (exact) mass is 465 g/mol. The third-order valence-corrected chi connectivity index (χ3v) is 4.72. The third-order valence-electron chi connectivity index (χ3n) is 4.46. The van der Waals surface area contributed by atoms with E-state index in [-0.39, 0.29) is 35.0 Å². The minimum atomic E-state index is -0.493. The van der Waals surface area contributed by atoms with Crippen LogP contribution in [-0.2, 0) is 0 Å². The van der Waals surface area contributed by atoms with Gasteiger partial charge in [-0.2, -0.15) is 0 Å². The highest BCUT2D eigenvalue weighted by Crippen LogP contribution is 2.18. The molecule has 0 radical (unpaired) electrons. The van der Waals surface area contributed by atoms with Crippen molar-refractivity contribution < 1.29 is 9.72 Å². The number of rotatable bonds is 5. The number of nitro groups is 1. The summed E-state index contributed by atoms with van der Waals surface area (Å²) in [4.78, 5) is 29.9. The molecule has 0 N–H and O–H groups in total. The van der Waals surface area contributed by atoms with Crippen LogP contribution in [0.25, 0.3) is 0 Å². The highest BCUT2D eigenvalue weighted by molar-refractivity contribution is 8.93. The van der Waals surface area contributed by atoms with E-state index in [2.05, 4.69) is 0 Å². The smallest absolute Gasteiger partial charge is 0.270 e. The highest BCUT2D eigenvalue weighted by Gasteiger charge is 2.20. The topological polar surface area (TPSA) is 75.8 Å². The van der Waals surface area contributed by atoms with E-state index in [1.165, 1.54) is 18.2 Å². The molecular weight excluding hydrogens is 446 g/mol. The van der Waals surface area contributed by atoms with Crippen molar-refractivity contribution in [2.75, 3.05) is 19.6 Å². The Labute approximate surface area is 179 Å². The molecule has 0 aliphatic carbocycles. The van der Waals surface area contributed by atoms with Crippen LogP contribution in [0.2, 0.25) is 5.02 Å². The molecule has 0 unspecified atom stereocenters. The molecule has 6 nitrogen and oxygen atoms in total. The average Bonchev–Trinajstić information content (AvgIpc) is 2.65. The molecule has 0 saturated carbocycles. The largest absolute Gasteiger partial charge is 0.349 e. The standard InChI is InChI=1S/C20H20ClN3O3.BrH/c21-17-9-7-15(8-10-17)20-22-11-2-1-3-12-23(20)14-19(25)16-5-4-6-18(13-16)24(26)27;/h4-10,13H,1-3,11-12,14H2;1H. The Kier molecular flexibility index (Phi) is 8.14. The minimum absolute atomic E-state index is 0. The fourth-order valence-corrected chi connectivity index (χ4v) is 3.19. The fourth-order valence-electron chi connectivity index (χ4n) is 3.07. The van der Waals surface area contributed by atoms with E-state index in [0.717, 1.165) is 30.7 Å². The Hall–Kier alpha value is -2.25. The lowest BCUT2D eigenvalue weighted by molar-refractivity contribution is -0.384. The molecule has 0 aromatic heterocycles. The number of halogens is 2. The maximum Gasteiger partial charge on any atom is 0.270 e. The third kappa shape index (κ3) is 5.62. The summed E-state index contributed by atoms with van der Waals surface area (Å²) in [5.41, 5.74) is 1.16. The molecule has 2 aromatic rings. The van der Waals surface area contributed by atoms with Crippen molar-refractivity contribution in [1.82, 2.24) is 4.90 Å². The molecule has 8 heteroatoms. The summed E-state index contributed by atoms with van der Waals surface area (Å²) in [5.74, 6) is 0.603. The average molecular weight is 467 g/mol. The molecule has 0 spiro atoms. The van der Waals surface area contributed by atoms with Crippen molar-refractivity contribution in [1.29, 1.82) is 0 Å².